The molecule has 0 saturated heterocycles. The number of methoxy groups -OCH3 is 1. The van der Waals surface area contributed by atoms with Crippen LogP contribution in [-0.4, -0.2) is 19.5 Å². The molecule has 0 atom stereocenters. The number of carbonyl (C=O) groups is 1. The quantitative estimate of drug-likeness (QED) is 0.690. The lowest BCUT2D eigenvalue weighted by Crippen LogP contribution is -2.00. The third-order valence-electron chi connectivity index (χ3n) is 2.13. The van der Waals surface area contributed by atoms with Crippen molar-refractivity contribution in [3.63, 3.8) is 0 Å². The van der Waals surface area contributed by atoms with Crippen LogP contribution in [0.5, 0.6) is 11.5 Å². The second kappa shape index (κ2) is 5.95. The average molecular weight is 220 g/mol. The van der Waals surface area contributed by atoms with Gasteiger partial charge in [0, 0.05) is 6.42 Å². The molecule has 16 heavy (non-hydrogen) atoms. The monoisotopic (exact) mass is 220 g/mol. The van der Waals surface area contributed by atoms with Crippen molar-refractivity contribution in [2.24, 2.45) is 0 Å². The molecule has 0 aliphatic carbocycles. The molecule has 0 aliphatic rings. The highest BCUT2D eigenvalue weighted by Crippen LogP contribution is 2.28. The van der Waals surface area contributed by atoms with E-state index in [0.717, 1.165) is 5.56 Å². The maximum atomic E-state index is 11.2. The Hall–Kier alpha value is -1.77. The number of benzene rings is 1. The SMILES string of the molecule is C=CC(=O)Cc1ccc(OC)c(OCC)c1. The molecule has 1 aromatic carbocycles. The van der Waals surface area contributed by atoms with Gasteiger partial charge < -0.3 is 9.47 Å². The Morgan fingerprint density at radius 1 is 1.44 bits per heavy atom. The Kier molecular flexibility index (Phi) is 4.58. The van der Waals surface area contributed by atoms with E-state index in [2.05, 4.69) is 6.58 Å². The van der Waals surface area contributed by atoms with E-state index in [-0.39, 0.29) is 5.78 Å². The lowest BCUT2D eigenvalue weighted by atomic mass is 10.1. The molecule has 1 rings (SSSR count). The van der Waals surface area contributed by atoms with Gasteiger partial charge in [0.25, 0.3) is 0 Å². The van der Waals surface area contributed by atoms with Gasteiger partial charge in [0.1, 0.15) is 0 Å². The van der Waals surface area contributed by atoms with Gasteiger partial charge in [-0.1, -0.05) is 12.6 Å². The lowest BCUT2D eigenvalue weighted by Gasteiger charge is -2.10. The van der Waals surface area contributed by atoms with Crippen molar-refractivity contribution in [1.82, 2.24) is 0 Å². The maximum Gasteiger partial charge on any atom is 0.161 e. The molecule has 0 saturated carbocycles. The summed E-state index contributed by atoms with van der Waals surface area (Å²) >= 11 is 0. The molecule has 3 heteroatoms. The van der Waals surface area contributed by atoms with Crippen LogP contribution in [0.2, 0.25) is 0 Å². The van der Waals surface area contributed by atoms with E-state index in [9.17, 15) is 4.79 Å². The highest BCUT2D eigenvalue weighted by atomic mass is 16.5. The van der Waals surface area contributed by atoms with Crippen LogP contribution in [0.1, 0.15) is 12.5 Å². The smallest absolute Gasteiger partial charge is 0.161 e. The van der Waals surface area contributed by atoms with Gasteiger partial charge in [0.15, 0.2) is 17.3 Å². The fourth-order valence-corrected chi connectivity index (χ4v) is 1.37. The van der Waals surface area contributed by atoms with Crippen LogP contribution in [0.25, 0.3) is 0 Å². The van der Waals surface area contributed by atoms with Crippen LogP contribution < -0.4 is 9.47 Å². The second-order valence-electron chi connectivity index (χ2n) is 3.27. The molecule has 0 N–H and O–H groups in total. The third-order valence-corrected chi connectivity index (χ3v) is 2.13. The topological polar surface area (TPSA) is 35.5 Å². The van der Waals surface area contributed by atoms with Crippen molar-refractivity contribution in [2.45, 2.75) is 13.3 Å². The van der Waals surface area contributed by atoms with Gasteiger partial charge >= 0.3 is 0 Å². The van der Waals surface area contributed by atoms with E-state index >= 15 is 0 Å². The summed E-state index contributed by atoms with van der Waals surface area (Å²) in [5.41, 5.74) is 0.897. The van der Waals surface area contributed by atoms with Crippen molar-refractivity contribution in [2.75, 3.05) is 13.7 Å². The molecule has 3 nitrogen and oxygen atoms in total. The number of hydrogen-bond donors (Lipinski definition) is 0. The van der Waals surface area contributed by atoms with Gasteiger partial charge in [-0.05, 0) is 30.7 Å². The molecule has 0 fully saturated rings. The van der Waals surface area contributed by atoms with E-state index in [1.807, 2.05) is 19.1 Å². The van der Waals surface area contributed by atoms with Gasteiger partial charge in [-0.15, -0.1) is 0 Å². The first-order valence-electron chi connectivity index (χ1n) is 5.16. The molecule has 1 aromatic rings. The third kappa shape index (κ3) is 3.12. The standard InChI is InChI=1S/C13H16O3/c1-4-11(14)8-10-6-7-12(15-3)13(9-10)16-5-2/h4,6-7,9H,1,5,8H2,2-3H3. The Balaban J connectivity index is 2.92. The first-order valence-corrected chi connectivity index (χ1v) is 5.16. The first-order chi connectivity index (χ1) is 7.71. The number of rotatable bonds is 6. The zero-order valence-electron chi connectivity index (χ0n) is 9.66. The summed E-state index contributed by atoms with van der Waals surface area (Å²) in [4.78, 5) is 11.2. The summed E-state index contributed by atoms with van der Waals surface area (Å²) in [6.07, 6.45) is 1.66. The Labute approximate surface area is 95.7 Å². The van der Waals surface area contributed by atoms with Gasteiger partial charge in [0.2, 0.25) is 0 Å². The number of hydrogen-bond acceptors (Lipinski definition) is 3. The van der Waals surface area contributed by atoms with E-state index in [4.69, 9.17) is 9.47 Å². The van der Waals surface area contributed by atoms with Crippen LogP contribution in [0, 0.1) is 0 Å². The summed E-state index contributed by atoms with van der Waals surface area (Å²) in [5, 5.41) is 0. The molecule has 0 aliphatic heterocycles. The van der Waals surface area contributed by atoms with Gasteiger partial charge in [0.05, 0.1) is 13.7 Å². The van der Waals surface area contributed by atoms with Crippen LogP contribution in [0.15, 0.2) is 30.9 Å². The Morgan fingerprint density at radius 2 is 2.19 bits per heavy atom. The van der Waals surface area contributed by atoms with Gasteiger partial charge in [-0.3, -0.25) is 4.79 Å². The van der Waals surface area contributed by atoms with Gasteiger partial charge in [-0.25, -0.2) is 0 Å². The molecule has 0 unspecified atom stereocenters. The zero-order chi connectivity index (χ0) is 12.0. The highest BCUT2D eigenvalue weighted by Gasteiger charge is 2.06. The predicted molar refractivity (Wildman–Crippen MR) is 63.1 cm³/mol. The number of ether oxygens (including phenoxy) is 2. The average Bonchev–Trinajstić information content (AvgIpc) is 2.30. The molecular weight excluding hydrogens is 204 g/mol. The van der Waals surface area contributed by atoms with Gasteiger partial charge in [-0.2, -0.15) is 0 Å². The first kappa shape index (κ1) is 12.3. The van der Waals surface area contributed by atoms with E-state index in [0.29, 0.717) is 24.5 Å². The fourth-order valence-electron chi connectivity index (χ4n) is 1.37. The van der Waals surface area contributed by atoms with Crippen molar-refractivity contribution in [1.29, 1.82) is 0 Å². The predicted octanol–water partition coefficient (Wildman–Crippen LogP) is 2.39. The van der Waals surface area contributed by atoms with Crippen molar-refractivity contribution < 1.29 is 14.3 Å². The largest absolute Gasteiger partial charge is 0.493 e. The van der Waals surface area contributed by atoms with Crippen LogP contribution >= 0.6 is 0 Å². The van der Waals surface area contributed by atoms with Crippen molar-refractivity contribution in [3.05, 3.63) is 36.4 Å². The number of carbonyl (C=O) groups excluding carboxylic acids is 1. The van der Waals surface area contributed by atoms with Crippen molar-refractivity contribution in [3.8, 4) is 11.5 Å². The number of ketones is 1. The summed E-state index contributed by atoms with van der Waals surface area (Å²) in [5.74, 6) is 1.34. The minimum absolute atomic E-state index is 0.00684. The van der Waals surface area contributed by atoms with E-state index < -0.39 is 0 Å². The molecule has 0 amide bonds. The van der Waals surface area contributed by atoms with Crippen LogP contribution in [0.3, 0.4) is 0 Å². The summed E-state index contributed by atoms with van der Waals surface area (Å²) in [6.45, 7) is 5.91. The fraction of sp³-hybridized carbons (Fsp3) is 0.308. The summed E-state index contributed by atoms with van der Waals surface area (Å²) in [6, 6.07) is 5.48. The number of allylic oxidation sites excluding steroid dienone is 1. The highest BCUT2D eigenvalue weighted by molar-refractivity contribution is 5.90. The molecular formula is C13H16O3. The minimum atomic E-state index is -0.00684. The normalized spacial score (nSPS) is 9.62. The molecule has 86 valence electrons. The van der Waals surface area contributed by atoms with Crippen LogP contribution in [0.4, 0.5) is 0 Å². The van der Waals surface area contributed by atoms with Crippen molar-refractivity contribution >= 4 is 5.78 Å². The molecule has 0 heterocycles. The zero-order valence-corrected chi connectivity index (χ0v) is 9.66. The summed E-state index contributed by atoms with van der Waals surface area (Å²) < 4.78 is 10.6. The molecule has 0 radical (unpaired) electrons. The Morgan fingerprint density at radius 3 is 2.75 bits per heavy atom. The molecule has 0 spiro atoms. The summed E-state index contributed by atoms with van der Waals surface area (Å²) in [7, 11) is 1.59. The lowest BCUT2D eigenvalue weighted by molar-refractivity contribution is -0.114. The molecule has 0 bridgehead atoms. The maximum absolute atomic E-state index is 11.2. The minimum Gasteiger partial charge on any atom is -0.493 e. The second-order valence-corrected chi connectivity index (χ2v) is 3.27. The van der Waals surface area contributed by atoms with E-state index in [1.165, 1.54) is 6.08 Å². The van der Waals surface area contributed by atoms with E-state index in [1.54, 1.807) is 13.2 Å². The molecule has 0 aromatic heterocycles. The van der Waals surface area contributed by atoms with Crippen LogP contribution in [-0.2, 0) is 11.2 Å². The Bertz CT molecular complexity index is 383.